The average Bonchev–Trinajstić information content (AvgIpc) is 3.34. The lowest BCUT2D eigenvalue weighted by atomic mass is 10.1. The van der Waals surface area contributed by atoms with Gasteiger partial charge in [0.05, 0.1) is 28.8 Å². The number of hydrogen-bond acceptors (Lipinski definition) is 5. The number of carbonyl (C=O) groups excluding carboxylic acids is 2. The number of rotatable bonds is 5. The molecule has 3 aliphatic heterocycles. The number of carbonyl (C=O) groups is 2. The second-order valence-electron chi connectivity index (χ2n) is 7.09. The van der Waals surface area contributed by atoms with E-state index in [1.54, 1.807) is 9.80 Å². The molecule has 1 atom stereocenters. The molecular formula is C20H21BrN2O3S2. The van der Waals surface area contributed by atoms with Crippen LogP contribution in [0.4, 0.5) is 5.69 Å². The average molecular weight is 481 g/mol. The van der Waals surface area contributed by atoms with Gasteiger partial charge in [-0.25, -0.2) is 0 Å². The first-order valence-electron chi connectivity index (χ1n) is 9.52. The number of thioether (sulfide) groups is 1. The predicted octanol–water partition coefficient (Wildman–Crippen LogP) is 4.35. The van der Waals surface area contributed by atoms with Crippen molar-refractivity contribution >= 4 is 67.3 Å². The zero-order valence-electron chi connectivity index (χ0n) is 15.6. The Morgan fingerprint density at radius 2 is 2.11 bits per heavy atom. The molecule has 2 amide bonds. The van der Waals surface area contributed by atoms with Crippen LogP contribution < -0.4 is 4.90 Å². The molecule has 3 aliphatic rings. The van der Waals surface area contributed by atoms with E-state index in [1.165, 1.54) is 11.8 Å². The third kappa shape index (κ3) is 3.56. The summed E-state index contributed by atoms with van der Waals surface area (Å²) in [5, 5.41) is 0. The second kappa shape index (κ2) is 8.26. The summed E-state index contributed by atoms with van der Waals surface area (Å²) in [5.41, 5.74) is 2.13. The van der Waals surface area contributed by atoms with E-state index in [4.69, 9.17) is 17.0 Å². The number of ether oxygens (including phenoxy) is 1. The van der Waals surface area contributed by atoms with E-state index in [-0.39, 0.29) is 17.9 Å². The van der Waals surface area contributed by atoms with Crippen molar-refractivity contribution in [1.82, 2.24) is 4.90 Å². The molecule has 0 aliphatic carbocycles. The van der Waals surface area contributed by atoms with Crippen LogP contribution in [0.25, 0.3) is 5.57 Å². The molecule has 28 heavy (non-hydrogen) atoms. The molecule has 0 spiro atoms. The SMILES string of the molecule is CCCCN1C(=O)C(=C2SC(=S)N(CC3CCCO3)C2=O)c2cc(Br)ccc21. The Balaban J connectivity index is 1.71. The predicted molar refractivity (Wildman–Crippen MR) is 119 cm³/mol. The van der Waals surface area contributed by atoms with Gasteiger partial charge in [-0.3, -0.25) is 14.5 Å². The van der Waals surface area contributed by atoms with Crippen LogP contribution in [-0.4, -0.2) is 46.8 Å². The van der Waals surface area contributed by atoms with Crippen molar-refractivity contribution in [2.24, 2.45) is 0 Å². The van der Waals surface area contributed by atoms with Gasteiger partial charge in [0.1, 0.15) is 4.32 Å². The minimum absolute atomic E-state index is 0.0219. The number of nitrogens with zero attached hydrogens (tertiary/aromatic N) is 2. The smallest absolute Gasteiger partial charge is 0.267 e. The molecule has 1 unspecified atom stereocenters. The number of halogens is 1. The number of thiocarbonyl (C=S) groups is 1. The second-order valence-corrected chi connectivity index (χ2v) is 9.65. The highest BCUT2D eigenvalue weighted by molar-refractivity contribution is 9.10. The minimum atomic E-state index is -0.183. The topological polar surface area (TPSA) is 49.9 Å². The van der Waals surface area contributed by atoms with E-state index in [0.717, 1.165) is 48.0 Å². The third-order valence-electron chi connectivity index (χ3n) is 5.20. The fraction of sp³-hybridized carbons (Fsp3) is 0.450. The normalized spacial score (nSPS) is 24.6. The molecule has 4 rings (SSSR count). The zero-order valence-corrected chi connectivity index (χ0v) is 18.8. The highest BCUT2D eigenvalue weighted by Crippen LogP contribution is 2.45. The van der Waals surface area contributed by atoms with Crippen LogP contribution in [0.3, 0.4) is 0 Å². The summed E-state index contributed by atoms with van der Waals surface area (Å²) in [6.45, 7) is 3.93. The Bertz CT molecular complexity index is 880. The number of fused-ring (bicyclic) bond motifs is 1. The quantitative estimate of drug-likeness (QED) is 0.463. The van der Waals surface area contributed by atoms with Crippen molar-refractivity contribution in [1.29, 1.82) is 0 Å². The molecule has 3 heterocycles. The van der Waals surface area contributed by atoms with Crippen LogP contribution in [0.2, 0.25) is 0 Å². The summed E-state index contributed by atoms with van der Waals surface area (Å²) in [7, 11) is 0. The van der Waals surface area contributed by atoms with Gasteiger partial charge in [0.2, 0.25) is 0 Å². The lowest BCUT2D eigenvalue weighted by molar-refractivity contribution is -0.123. The number of hydrogen-bond donors (Lipinski definition) is 0. The minimum Gasteiger partial charge on any atom is -0.376 e. The van der Waals surface area contributed by atoms with E-state index in [9.17, 15) is 9.59 Å². The van der Waals surface area contributed by atoms with Gasteiger partial charge in [-0.1, -0.05) is 53.3 Å². The molecule has 0 aromatic heterocycles. The van der Waals surface area contributed by atoms with Gasteiger partial charge in [-0.2, -0.15) is 0 Å². The van der Waals surface area contributed by atoms with E-state index in [1.807, 2.05) is 18.2 Å². The third-order valence-corrected chi connectivity index (χ3v) is 7.14. The van der Waals surface area contributed by atoms with E-state index in [2.05, 4.69) is 22.9 Å². The summed E-state index contributed by atoms with van der Waals surface area (Å²) < 4.78 is 7.04. The van der Waals surface area contributed by atoms with Gasteiger partial charge in [-0.15, -0.1) is 0 Å². The first-order chi connectivity index (χ1) is 13.5. The Morgan fingerprint density at radius 3 is 2.82 bits per heavy atom. The molecule has 0 saturated carbocycles. The summed E-state index contributed by atoms with van der Waals surface area (Å²) in [6, 6.07) is 5.78. The van der Waals surface area contributed by atoms with E-state index >= 15 is 0 Å². The number of unbranched alkanes of at least 4 members (excludes halogenated alkanes) is 1. The maximum Gasteiger partial charge on any atom is 0.267 e. The van der Waals surface area contributed by atoms with Gasteiger partial charge in [0.15, 0.2) is 0 Å². The lowest BCUT2D eigenvalue weighted by Crippen LogP contribution is -2.35. The van der Waals surface area contributed by atoms with Crippen molar-refractivity contribution in [2.75, 3.05) is 24.6 Å². The fourth-order valence-corrected chi connectivity index (χ4v) is 5.47. The van der Waals surface area contributed by atoms with Gasteiger partial charge < -0.3 is 9.64 Å². The monoisotopic (exact) mass is 480 g/mol. The lowest BCUT2D eigenvalue weighted by Gasteiger charge is -2.18. The Morgan fingerprint density at radius 1 is 1.29 bits per heavy atom. The maximum absolute atomic E-state index is 13.3. The largest absolute Gasteiger partial charge is 0.376 e. The number of anilines is 1. The van der Waals surface area contributed by atoms with Gasteiger partial charge in [-0.05, 0) is 37.5 Å². The van der Waals surface area contributed by atoms with Gasteiger partial charge >= 0.3 is 0 Å². The summed E-state index contributed by atoms with van der Waals surface area (Å²) >= 11 is 10.2. The fourth-order valence-electron chi connectivity index (χ4n) is 3.76. The molecule has 148 valence electrons. The highest BCUT2D eigenvalue weighted by atomic mass is 79.9. The molecule has 0 N–H and O–H groups in total. The molecule has 1 aromatic rings. The Hall–Kier alpha value is -1.22. The van der Waals surface area contributed by atoms with Crippen LogP contribution in [0, 0.1) is 0 Å². The molecule has 5 nitrogen and oxygen atoms in total. The standard InChI is InChI=1S/C20H21BrN2O3S2/c1-2-3-8-22-15-7-6-12(21)10-14(15)16(18(22)24)17-19(25)23(20(27)28-17)11-13-5-4-9-26-13/h6-7,10,13H,2-5,8-9,11H2,1H3. The zero-order chi connectivity index (χ0) is 19.8. The van der Waals surface area contributed by atoms with Crippen LogP contribution in [0.5, 0.6) is 0 Å². The van der Waals surface area contributed by atoms with Gasteiger partial charge in [0, 0.05) is 23.2 Å². The van der Waals surface area contributed by atoms with Crippen LogP contribution >= 0.6 is 39.9 Å². The van der Waals surface area contributed by atoms with Crippen LogP contribution in [-0.2, 0) is 14.3 Å². The Labute approximate surface area is 182 Å². The van der Waals surface area contributed by atoms with Crippen molar-refractivity contribution in [2.45, 2.75) is 38.7 Å². The van der Waals surface area contributed by atoms with Crippen molar-refractivity contribution in [3.8, 4) is 0 Å². The van der Waals surface area contributed by atoms with Crippen molar-refractivity contribution < 1.29 is 14.3 Å². The molecule has 2 fully saturated rings. The van der Waals surface area contributed by atoms with Gasteiger partial charge in [0.25, 0.3) is 11.8 Å². The van der Waals surface area contributed by atoms with Crippen molar-refractivity contribution in [3.63, 3.8) is 0 Å². The number of amides is 2. The molecular weight excluding hydrogens is 460 g/mol. The van der Waals surface area contributed by atoms with Crippen LogP contribution in [0.15, 0.2) is 27.6 Å². The highest BCUT2D eigenvalue weighted by Gasteiger charge is 2.42. The first-order valence-corrected chi connectivity index (χ1v) is 11.5. The molecule has 0 bridgehead atoms. The van der Waals surface area contributed by atoms with E-state index < -0.39 is 0 Å². The molecule has 1 aromatic carbocycles. The summed E-state index contributed by atoms with van der Waals surface area (Å²) in [6.07, 6.45) is 3.87. The van der Waals surface area contributed by atoms with Crippen molar-refractivity contribution in [3.05, 3.63) is 33.1 Å². The molecule has 2 saturated heterocycles. The Kier molecular flexibility index (Phi) is 5.92. The first kappa shape index (κ1) is 20.1. The van der Waals surface area contributed by atoms with E-state index in [0.29, 0.717) is 27.9 Å². The molecule has 8 heteroatoms. The maximum atomic E-state index is 13.3. The number of benzene rings is 1. The summed E-state index contributed by atoms with van der Waals surface area (Å²) in [4.78, 5) is 30.3. The van der Waals surface area contributed by atoms with Crippen LogP contribution in [0.1, 0.15) is 38.2 Å². The summed E-state index contributed by atoms with van der Waals surface area (Å²) in [5.74, 6) is -0.295. The molecule has 0 radical (unpaired) electrons.